The molecule has 0 radical (unpaired) electrons. The van der Waals surface area contributed by atoms with Crippen molar-refractivity contribution in [1.82, 2.24) is 5.32 Å². The Morgan fingerprint density at radius 1 is 1.13 bits per heavy atom. The fourth-order valence-electron chi connectivity index (χ4n) is 3.17. The second-order valence-corrected chi connectivity index (χ2v) is 7.00. The molecule has 0 amide bonds. The molecule has 15 heavy (non-hydrogen) atoms. The molecule has 0 bridgehead atoms. The van der Waals surface area contributed by atoms with Gasteiger partial charge in [0, 0.05) is 12.1 Å². The average Bonchev–Trinajstić information content (AvgIpc) is 2.07. The van der Waals surface area contributed by atoms with Crippen LogP contribution in [0.15, 0.2) is 0 Å². The van der Waals surface area contributed by atoms with Crippen LogP contribution in [-0.2, 0) is 0 Å². The normalized spacial score (nSPS) is 34.4. The van der Waals surface area contributed by atoms with Gasteiger partial charge in [0.2, 0.25) is 0 Å². The van der Waals surface area contributed by atoms with Crippen molar-refractivity contribution in [1.29, 1.82) is 0 Å². The van der Waals surface area contributed by atoms with E-state index in [-0.39, 0.29) is 0 Å². The summed E-state index contributed by atoms with van der Waals surface area (Å²) in [6.45, 7) is 16.6. The molecule has 90 valence electrons. The predicted molar refractivity (Wildman–Crippen MR) is 68.0 cm³/mol. The van der Waals surface area contributed by atoms with Crippen molar-refractivity contribution in [2.24, 2.45) is 16.7 Å². The topological polar surface area (TPSA) is 12.0 Å². The monoisotopic (exact) mass is 211 g/mol. The molecule has 0 aromatic carbocycles. The number of nitrogens with one attached hydrogen (secondary N) is 1. The van der Waals surface area contributed by atoms with Gasteiger partial charge in [0.1, 0.15) is 0 Å². The van der Waals surface area contributed by atoms with E-state index in [1.807, 2.05) is 0 Å². The summed E-state index contributed by atoms with van der Waals surface area (Å²) in [4.78, 5) is 0. The van der Waals surface area contributed by atoms with E-state index in [1.54, 1.807) is 0 Å². The van der Waals surface area contributed by atoms with Crippen molar-refractivity contribution in [3.05, 3.63) is 0 Å². The summed E-state index contributed by atoms with van der Waals surface area (Å²) in [5.74, 6) is 0.821. The fraction of sp³-hybridized carbons (Fsp3) is 1.00. The molecule has 1 aliphatic rings. The molecule has 1 N–H and O–H groups in total. The second-order valence-electron chi connectivity index (χ2n) is 7.00. The molecule has 0 aromatic heterocycles. The molecule has 1 fully saturated rings. The van der Waals surface area contributed by atoms with Crippen LogP contribution < -0.4 is 5.32 Å². The maximum absolute atomic E-state index is 3.79. The lowest BCUT2D eigenvalue weighted by molar-refractivity contribution is 0.000508. The van der Waals surface area contributed by atoms with Crippen LogP contribution in [0.1, 0.15) is 61.3 Å². The number of hydrogen-bond donors (Lipinski definition) is 1. The summed E-state index contributed by atoms with van der Waals surface area (Å²) in [7, 11) is 0. The van der Waals surface area contributed by atoms with Gasteiger partial charge in [-0.05, 0) is 29.6 Å². The Bertz CT molecular complexity index is 215. The minimum absolute atomic E-state index is 0.409. The zero-order valence-corrected chi connectivity index (χ0v) is 11.6. The smallest absolute Gasteiger partial charge is 0.0174 e. The summed E-state index contributed by atoms with van der Waals surface area (Å²) in [5, 5.41) is 3.79. The van der Waals surface area contributed by atoms with Crippen LogP contribution in [0.25, 0.3) is 0 Å². The van der Waals surface area contributed by atoms with Crippen molar-refractivity contribution in [3.63, 3.8) is 0 Å². The van der Waals surface area contributed by atoms with Crippen LogP contribution in [0.4, 0.5) is 0 Å². The molecule has 2 atom stereocenters. The highest BCUT2D eigenvalue weighted by atomic mass is 15.0. The summed E-state index contributed by atoms with van der Waals surface area (Å²) in [6, 6.07) is 1.22. The first-order chi connectivity index (χ1) is 6.68. The molecular weight excluding hydrogens is 182 g/mol. The van der Waals surface area contributed by atoms with E-state index in [9.17, 15) is 0 Å². The quantitative estimate of drug-likeness (QED) is 0.732. The lowest BCUT2D eigenvalue weighted by Gasteiger charge is -2.53. The fourth-order valence-corrected chi connectivity index (χ4v) is 3.17. The Labute approximate surface area is 96.0 Å². The van der Waals surface area contributed by atoms with Gasteiger partial charge in [-0.25, -0.2) is 0 Å². The highest BCUT2D eigenvalue weighted by Crippen LogP contribution is 2.49. The van der Waals surface area contributed by atoms with Crippen molar-refractivity contribution >= 4 is 0 Å². The number of hydrogen-bond acceptors (Lipinski definition) is 1. The molecule has 0 heterocycles. The van der Waals surface area contributed by atoms with Crippen LogP contribution in [0, 0.1) is 16.7 Å². The summed E-state index contributed by atoms with van der Waals surface area (Å²) in [6.07, 6.45) is 2.72. The highest BCUT2D eigenvalue weighted by molar-refractivity contribution is 5.01. The maximum Gasteiger partial charge on any atom is 0.0174 e. The van der Waals surface area contributed by atoms with Gasteiger partial charge >= 0.3 is 0 Å². The van der Waals surface area contributed by atoms with E-state index in [2.05, 4.69) is 53.8 Å². The summed E-state index contributed by atoms with van der Waals surface area (Å²) < 4.78 is 0. The third kappa shape index (κ3) is 2.55. The first kappa shape index (κ1) is 13.0. The van der Waals surface area contributed by atoms with E-state index >= 15 is 0 Å². The first-order valence-electron chi connectivity index (χ1n) is 6.44. The average molecular weight is 211 g/mol. The first-order valence-corrected chi connectivity index (χ1v) is 6.44. The van der Waals surface area contributed by atoms with Gasteiger partial charge in [-0.2, -0.15) is 0 Å². The highest BCUT2D eigenvalue weighted by Gasteiger charge is 2.47. The van der Waals surface area contributed by atoms with Gasteiger partial charge in [0.25, 0.3) is 0 Å². The minimum atomic E-state index is 0.409. The third-order valence-corrected chi connectivity index (χ3v) is 4.52. The molecule has 0 aromatic rings. The minimum Gasteiger partial charge on any atom is -0.311 e. The predicted octanol–water partition coefficient (Wildman–Crippen LogP) is 3.84. The second kappa shape index (κ2) is 4.08. The Hall–Kier alpha value is -0.0400. The van der Waals surface area contributed by atoms with Crippen LogP contribution >= 0.6 is 0 Å². The van der Waals surface area contributed by atoms with Crippen molar-refractivity contribution in [3.8, 4) is 0 Å². The van der Waals surface area contributed by atoms with Crippen molar-refractivity contribution in [2.45, 2.75) is 73.4 Å². The largest absolute Gasteiger partial charge is 0.311 e. The molecular formula is C14H29N. The molecule has 1 rings (SSSR count). The zero-order chi connectivity index (χ0) is 11.9. The molecule has 0 saturated heterocycles. The molecule has 0 aliphatic heterocycles. The van der Waals surface area contributed by atoms with Gasteiger partial charge in [0.05, 0.1) is 0 Å². The van der Waals surface area contributed by atoms with Crippen LogP contribution in [0.3, 0.4) is 0 Å². The molecule has 1 aliphatic carbocycles. The van der Waals surface area contributed by atoms with Crippen molar-refractivity contribution in [2.75, 3.05) is 0 Å². The van der Waals surface area contributed by atoms with Gasteiger partial charge in [0.15, 0.2) is 0 Å². The molecule has 1 unspecified atom stereocenters. The van der Waals surface area contributed by atoms with E-state index in [4.69, 9.17) is 0 Å². The SMILES string of the molecule is CC(C)NC1C(C)(C)CC[C@@H](C)C1(C)C. The lowest BCUT2D eigenvalue weighted by atomic mass is 9.57. The Morgan fingerprint density at radius 2 is 1.67 bits per heavy atom. The molecule has 1 saturated carbocycles. The maximum atomic E-state index is 3.79. The van der Waals surface area contributed by atoms with Crippen LogP contribution in [-0.4, -0.2) is 12.1 Å². The standard InChI is InChI=1S/C14H29N/c1-10(2)15-12-13(4,5)9-8-11(3)14(12,6)7/h10-12,15H,8-9H2,1-7H3/t11-,12?/m1/s1. The van der Waals surface area contributed by atoms with Gasteiger partial charge in [-0.15, -0.1) is 0 Å². The van der Waals surface area contributed by atoms with Gasteiger partial charge in [-0.1, -0.05) is 48.5 Å². The summed E-state index contributed by atoms with van der Waals surface area (Å²) >= 11 is 0. The molecule has 1 nitrogen and oxygen atoms in total. The Kier molecular flexibility index (Phi) is 3.55. The van der Waals surface area contributed by atoms with E-state index < -0.39 is 0 Å². The van der Waals surface area contributed by atoms with E-state index in [0.717, 1.165) is 5.92 Å². The van der Waals surface area contributed by atoms with Crippen LogP contribution in [0.5, 0.6) is 0 Å². The van der Waals surface area contributed by atoms with E-state index in [1.165, 1.54) is 12.8 Å². The van der Waals surface area contributed by atoms with E-state index in [0.29, 0.717) is 22.9 Å². The van der Waals surface area contributed by atoms with Gasteiger partial charge < -0.3 is 5.32 Å². The van der Waals surface area contributed by atoms with Crippen molar-refractivity contribution < 1.29 is 0 Å². The lowest BCUT2D eigenvalue weighted by Crippen LogP contribution is -2.58. The van der Waals surface area contributed by atoms with Gasteiger partial charge in [-0.3, -0.25) is 0 Å². The zero-order valence-electron chi connectivity index (χ0n) is 11.6. The Morgan fingerprint density at radius 3 is 2.13 bits per heavy atom. The summed E-state index contributed by atoms with van der Waals surface area (Å²) in [5.41, 5.74) is 0.840. The third-order valence-electron chi connectivity index (χ3n) is 4.52. The number of rotatable bonds is 2. The van der Waals surface area contributed by atoms with Crippen LogP contribution in [0.2, 0.25) is 0 Å². The molecule has 1 heteroatoms. The molecule has 0 spiro atoms. The Balaban J connectivity index is 2.90.